The molecule has 2 N–H and O–H groups in total. The average Bonchev–Trinajstić information content (AvgIpc) is 2.40. The number of hydrogen-bond acceptors (Lipinski definition) is 2. The molecule has 1 aromatic rings. The Bertz CT molecular complexity index is 470. The number of carboxylic acid groups (broad SMARTS) is 1. The van der Waals surface area contributed by atoms with E-state index in [-0.39, 0.29) is 6.03 Å². The van der Waals surface area contributed by atoms with E-state index in [2.05, 4.69) is 5.32 Å². The van der Waals surface area contributed by atoms with Crippen LogP contribution in [0.2, 0.25) is 0 Å². The highest BCUT2D eigenvalue weighted by Crippen LogP contribution is 2.19. The van der Waals surface area contributed by atoms with Crippen molar-refractivity contribution in [3.63, 3.8) is 0 Å². The molecule has 1 aliphatic heterocycles. The van der Waals surface area contributed by atoms with Crippen molar-refractivity contribution in [2.75, 3.05) is 18.0 Å². The number of anilines is 1. The summed E-state index contributed by atoms with van der Waals surface area (Å²) in [6.07, 6.45) is 1.44. The number of carbonyl (C=O) groups is 2. The molecule has 19 heavy (non-hydrogen) atoms. The Morgan fingerprint density at radius 2 is 2.11 bits per heavy atom. The molecular formula is C14H18N2O3. The maximum absolute atomic E-state index is 11.7. The van der Waals surface area contributed by atoms with Crippen molar-refractivity contribution in [3.8, 4) is 0 Å². The Balaban J connectivity index is 2.05. The molecule has 1 heterocycles. The lowest BCUT2D eigenvalue weighted by Crippen LogP contribution is -2.46. The number of urea groups is 1. The molecule has 0 saturated carbocycles. The smallest absolute Gasteiger partial charge is 0.321 e. The predicted molar refractivity (Wildman–Crippen MR) is 72.3 cm³/mol. The van der Waals surface area contributed by atoms with Gasteiger partial charge in [0.05, 0.1) is 5.92 Å². The van der Waals surface area contributed by atoms with Crippen LogP contribution >= 0.6 is 0 Å². The highest BCUT2D eigenvalue weighted by Gasteiger charge is 2.19. The third kappa shape index (κ3) is 3.24. The minimum Gasteiger partial charge on any atom is -0.481 e. The zero-order valence-electron chi connectivity index (χ0n) is 10.9. The number of aliphatic carboxylic acids is 1. The summed E-state index contributed by atoms with van der Waals surface area (Å²) in [5, 5.41) is 11.7. The van der Waals surface area contributed by atoms with Crippen LogP contribution in [0.3, 0.4) is 0 Å². The van der Waals surface area contributed by atoms with Crippen LogP contribution in [0, 0.1) is 5.92 Å². The molecule has 1 aromatic carbocycles. The monoisotopic (exact) mass is 262 g/mol. The van der Waals surface area contributed by atoms with Crippen LogP contribution in [0.5, 0.6) is 0 Å². The maximum Gasteiger partial charge on any atom is 0.321 e. The van der Waals surface area contributed by atoms with Crippen LogP contribution in [0.25, 0.3) is 0 Å². The fourth-order valence-electron chi connectivity index (χ4n) is 2.13. The SMILES string of the molecule is CC(Cc1ccc(N2CCCNC2=O)cc1)C(=O)O. The number of hydrogen-bond donors (Lipinski definition) is 2. The van der Waals surface area contributed by atoms with E-state index in [9.17, 15) is 9.59 Å². The average molecular weight is 262 g/mol. The molecule has 0 aliphatic carbocycles. The zero-order valence-corrected chi connectivity index (χ0v) is 10.9. The first-order valence-electron chi connectivity index (χ1n) is 6.45. The predicted octanol–water partition coefficient (Wildman–Crippen LogP) is 1.87. The molecule has 5 nitrogen and oxygen atoms in total. The highest BCUT2D eigenvalue weighted by molar-refractivity contribution is 5.92. The van der Waals surface area contributed by atoms with Gasteiger partial charge in [0, 0.05) is 18.8 Å². The van der Waals surface area contributed by atoms with E-state index >= 15 is 0 Å². The van der Waals surface area contributed by atoms with E-state index in [1.54, 1.807) is 11.8 Å². The fraction of sp³-hybridized carbons (Fsp3) is 0.429. The van der Waals surface area contributed by atoms with Gasteiger partial charge >= 0.3 is 12.0 Å². The Morgan fingerprint density at radius 3 is 2.68 bits per heavy atom. The third-order valence-electron chi connectivity index (χ3n) is 3.29. The minimum absolute atomic E-state index is 0.0714. The number of carboxylic acids is 1. The number of nitrogens with zero attached hydrogens (tertiary/aromatic N) is 1. The highest BCUT2D eigenvalue weighted by atomic mass is 16.4. The Kier molecular flexibility index (Phi) is 4.04. The van der Waals surface area contributed by atoms with Crippen molar-refractivity contribution in [3.05, 3.63) is 29.8 Å². The van der Waals surface area contributed by atoms with Gasteiger partial charge in [-0.15, -0.1) is 0 Å². The summed E-state index contributed by atoms with van der Waals surface area (Å²) >= 11 is 0. The largest absolute Gasteiger partial charge is 0.481 e. The molecule has 0 aromatic heterocycles. The van der Waals surface area contributed by atoms with Crippen LogP contribution in [-0.4, -0.2) is 30.2 Å². The summed E-state index contributed by atoms with van der Waals surface area (Å²) in [5.41, 5.74) is 1.82. The molecule has 1 aliphatic rings. The zero-order chi connectivity index (χ0) is 13.8. The summed E-state index contributed by atoms with van der Waals surface area (Å²) in [4.78, 5) is 24.2. The number of amides is 2. The van der Waals surface area contributed by atoms with Gasteiger partial charge in [0.15, 0.2) is 0 Å². The van der Waals surface area contributed by atoms with E-state index in [0.717, 1.165) is 30.8 Å². The number of rotatable bonds is 4. The topological polar surface area (TPSA) is 69.6 Å². The standard InChI is InChI=1S/C14H18N2O3/c1-10(13(17)18)9-11-3-5-12(6-4-11)16-8-2-7-15-14(16)19/h3-6,10H,2,7-9H2,1H3,(H,15,19)(H,17,18). The van der Waals surface area contributed by atoms with Crippen molar-refractivity contribution < 1.29 is 14.7 Å². The molecule has 1 atom stereocenters. The Morgan fingerprint density at radius 1 is 1.42 bits per heavy atom. The Labute approximate surface area is 112 Å². The number of benzene rings is 1. The number of nitrogens with one attached hydrogen (secondary N) is 1. The van der Waals surface area contributed by atoms with Gasteiger partial charge in [-0.05, 0) is 30.5 Å². The summed E-state index contributed by atoms with van der Waals surface area (Å²) in [6, 6.07) is 7.44. The van der Waals surface area contributed by atoms with Crippen LogP contribution in [0.15, 0.2) is 24.3 Å². The van der Waals surface area contributed by atoms with Gasteiger partial charge in [-0.3, -0.25) is 9.69 Å². The minimum atomic E-state index is -0.792. The van der Waals surface area contributed by atoms with Gasteiger partial charge in [-0.1, -0.05) is 19.1 Å². The van der Waals surface area contributed by atoms with Gasteiger partial charge in [-0.2, -0.15) is 0 Å². The van der Waals surface area contributed by atoms with E-state index in [0.29, 0.717) is 6.42 Å². The second-order valence-electron chi connectivity index (χ2n) is 4.85. The van der Waals surface area contributed by atoms with Gasteiger partial charge in [-0.25, -0.2) is 4.79 Å². The van der Waals surface area contributed by atoms with Crippen molar-refractivity contribution in [2.45, 2.75) is 19.8 Å². The van der Waals surface area contributed by atoms with Crippen LogP contribution in [0.1, 0.15) is 18.9 Å². The lowest BCUT2D eigenvalue weighted by molar-refractivity contribution is -0.141. The first-order valence-corrected chi connectivity index (χ1v) is 6.45. The normalized spacial score (nSPS) is 16.9. The van der Waals surface area contributed by atoms with Crippen LogP contribution in [0.4, 0.5) is 10.5 Å². The molecule has 1 saturated heterocycles. The van der Waals surface area contributed by atoms with Gasteiger partial charge in [0.2, 0.25) is 0 Å². The van der Waals surface area contributed by atoms with E-state index < -0.39 is 11.9 Å². The van der Waals surface area contributed by atoms with Crippen molar-refractivity contribution in [1.82, 2.24) is 5.32 Å². The lowest BCUT2D eigenvalue weighted by atomic mass is 10.0. The third-order valence-corrected chi connectivity index (χ3v) is 3.29. The first kappa shape index (κ1) is 13.4. The quantitative estimate of drug-likeness (QED) is 0.870. The molecule has 0 bridgehead atoms. The summed E-state index contributed by atoms with van der Waals surface area (Å²) in [5.74, 6) is -1.19. The second-order valence-corrected chi connectivity index (χ2v) is 4.85. The maximum atomic E-state index is 11.7. The van der Waals surface area contributed by atoms with Crippen LogP contribution < -0.4 is 10.2 Å². The molecule has 102 valence electrons. The van der Waals surface area contributed by atoms with Gasteiger partial charge in [0.1, 0.15) is 0 Å². The fourth-order valence-corrected chi connectivity index (χ4v) is 2.13. The second kappa shape index (κ2) is 5.73. The summed E-state index contributed by atoms with van der Waals surface area (Å²) < 4.78 is 0. The van der Waals surface area contributed by atoms with E-state index in [1.807, 2.05) is 24.3 Å². The molecule has 2 amide bonds. The Hall–Kier alpha value is -2.04. The molecule has 5 heteroatoms. The first-order chi connectivity index (χ1) is 9.08. The van der Waals surface area contributed by atoms with Gasteiger partial charge in [0.25, 0.3) is 0 Å². The molecular weight excluding hydrogens is 244 g/mol. The van der Waals surface area contributed by atoms with Crippen molar-refractivity contribution in [1.29, 1.82) is 0 Å². The van der Waals surface area contributed by atoms with Gasteiger partial charge < -0.3 is 10.4 Å². The van der Waals surface area contributed by atoms with Crippen LogP contribution in [-0.2, 0) is 11.2 Å². The number of carbonyl (C=O) groups excluding carboxylic acids is 1. The van der Waals surface area contributed by atoms with Crippen molar-refractivity contribution in [2.24, 2.45) is 5.92 Å². The van der Waals surface area contributed by atoms with Crippen molar-refractivity contribution >= 4 is 17.7 Å². The molecule has 2 rings (SSSR count). The molecule has 1 fully saturated rings. The van der Waals surface area contributed by atoms with E-state index in [1.165, 1.54) is 0 Å². The molecule has 0 spiro atoms. The summed E-state index contributed by atoms with van der Waals surface area (Å²) in [7, 11) is 0. The molecule has 0 radical (unpaired) electrons. The summed E-state index contributed by atoms with van der Waals surface area (Å²) in [6.45, 7) is 3.13. The molecule has 1 unspecified atom stereocenters. The lowest BCUT2D eigenvalue weighted by Gasteiger charge is -2.27. The van der Waals surface area contributed by atoms with E-state index in [4.69, 9.17) is 5.11 Å².